The van der Waals surface area contributed by atoms with Gasteiger partial charge in [-0.05, 0) is 36.3 Å². The first kappa shape index (κ1) is 7.78. The lowest BCUT2D eigenvalue weighted by molar-refractivity contribution is 0.426. The molecule has 1 aliphatic carbocycles. The first-order valence-electron chi connectivity index (χ1n) is 4.64. The second kappa shape index (κ2) is 2.58. The molecule has 1 heteroatoms. The lowest BCUT2D eigenvalue weighted by atomic mass is 9.75. The van der Waals surface area contributed by atoms with E-state index in [9.17, 15) is 0 Å². The van der Waals surface area contributed by atoms with Gasteiger partial charge in [-0.15, -0.1) is 0 Å². The summed E-state index contributed by atoms with van der Waals surface area (Å²) in [6.45, 7) is 4.62. The molecular weight excluding hydrogens is 146 g/mol. The molecule has 0 fully saturated rings. The van der Waals surface area contributed by atoms with Gasteiger partial charge in [0.15, 0.2) is 0 Å². The highest BCUT2D eigenvalue weighted by molar-refractivity contribution is 5.30. The average molecular weight is 161 g/mol. The smallest absolute Gasteiger partial charge is 0.0440 e. The van der Waals surface area contributed by atoms with Crippen molar-refractivity contribution in [2.75, 3.05) is 0 Å². The molecule has 0 saturated carbocycles. The van der Waals surface area contributed by atoms with E-state index in [1.54, 1.807) is 0 Å². The fourth-order valence-electron chi connectivity index (χ4n) is 2.09. The van der Waals surface area contributed by atoms with Crippen molar-refractivity contribution in [1.29, 1.82) is 0 Å². The summed E-state index contributed by atoms with van der Waals surface area (Å²) in [5.41, 5.74) is 3.12. The maximum atomic E-state index is 4.41. The van der Waals surface area contributed by atoms with Crippen molar-refractivity contribution in [3.8, 4) is 0 Å². The van der Waals surface area contributed by atoms with Gasteiger partial charge in [0, 0.05) is 11.9 Å². The topological polar surface area (TPSA) is 12.9 Å². The van der Waals surface area contributed by atoms with Crippen molar-refractivity contribution < 1.29 is 0 Å². The molecule has 1 heterocycles. The molecule has 64 valence electrons. The first-order chi connectivity index (χ1) is 5.70. The Balaban J connectivity index is 2.52. The highest BCUT2D eigenvalue weighted by Gasteiger charge is 2.27. The van der Waals surface area contributed by atoms with Gasteiger partial charge in [0.1, 0.15) is 0 Å². The lowest BCUT2D eigenvalue weighted by Crippen LogP contribution is -2.24. The van der Waals surface area contributed by atoms with E-state index in [2.05, 4.69) is 24.9 Å². The van der Waals surface area contributed by atoms with Gasteiger partial charge < -0.3 is 0 Å². The van der Waals surface area contributed by atoms with E-state index < -0.39 is 0 Å². The first-order valence-corrected chi connectivity index (χ1v) is 4.64. The third-order valence-corrected chi connectivity index (χ3v) is 2.83. The number of hydrogen-bond donors (Lipinski definition) is 0. The van der Waals surface area contributed by atoms with Crippen molar-refractivity contribution in [3.05, 3.63) is 29.6 Å². The molecule has 12 heavy (non-hydrogen) atoms. The van der Waals surface area contributed by atoms with Gasteiger partial charge in [0.25, 0.3) is 0 Å². The standard InChI is InChI=1S/C11H15N/c1-11(2)7-3-6-10-9(11)5-4-8-12-10/h4-5,8H,3,6-7H2,1-2H3. The molecule has 0 aliphatic heterocycles. The largest absolute Gasteiger partial charge is 0.261 e. The highest BCUT2D eigenvalue weighted by Crippen LogP contribution is 2.35. The van der Waals surface area contributed by atoms with E-state index >= 15 is 0 Å². The van der Waals surface area contributed by atoms with Crippen LogP contribution in [0.4, 0.5) is 0 Å². The fourth-order valence-corrected chi connectivity index (χ4v) is 2.09. The van der Waals surface area contributed by atoms with Crippen LogP contribution in [0.15, 0.2) is 18.3 Å². The SMILES string of the molecule is CC1(C)CCCc2ncccc21. The van der Waals surface area contributed by atoms with Crippen LogP contribution in [0.1, 0.15) is 37.9 Å². The molecule has 0 bridgehead atoms. The Bertz CT molecular complexity index is 289. The van der Waals surface area contributed by atoms with Crippen LogP contribution in [-0.4, -0.2) is 4.98 Å². The van der Waals surface area contributed by atoms with Gasteiger partial charge in [-0.3, -0.25) is 4.98 Å². The Morgan fingerprint density at radius 2 is 2.25 bits per heavy atom. The predicted molar refractivity (Wildman–Crippen MR) is 50.2 cm³/mol. The molecule has 2 rings (SSSR count). The number of hydrogen-bond acceptors (Lipinski definition) is 1. The summed E-state index contributed by atoms with van der Waals surface area (Å²) >= 11 is 0. The van der Waals surface area contributed by atoms with Gasteiger partial charge >= 0.3 is 0 Å². The fraction of sp³-hybridized carbons (Fsp3) is 0.545. The number of pyridine rings is 1. The van der Waals surface area contributed by atoms with Crippen LogP contribution in [-0.2, 0) is 11.8 Å². The summed E-state index contributed by atoms with van der Waals surface area (Å²) in [6, 6.07) is 4.27. The van der Waals surface area contributed by atoms with Crippen LogP contribution in [0.3, 0.4) is 0 Å². The normalized spacial score (nSPS) is 20.2. The van der Waals surface area contributed by atoms with E-state index in [1.807, 2.05) is 12.3 Å². The molecule has 0 radical (unpaired) electrons. The van der Waals surface area contributed by atoms with Crippen molar-refractivity contribution >= 4 is 0 Å². The summed E-state index contributed by atoms with van der Waals surface area (Å²) in [5.74, 6) is 0. The lowest BCUT2D eigenvalue weighted by Gasteiger charge is -2.31. The van der Waals surface area contributed by atoms with E-state index in [4.69, 9.17) is 0 Å². The Morgan fingerprint density at radius 3 is 3.00 bits per heavy atom. The molecule has 0 N–H and O–H groups in total. The van der Waals surface area contributed by atoms with Crippen LogP contribution in [0.2, 0.25) is 0 Å². The van der Waals surface area contributed by atoms with Gasteiger partial charge in [-0.1, -0.05) is 19.9 Å². The molecule has 1 nitrogen and oxygen atoms in total. The van der Waals surface area contributed by atoms with Crippen LogP contribution in [0.25, 0.3) is 0 Å². The average Bonchev–Trinajstić information content (AvgIpc) is 2.04. The number of aryl methyl sites for hydroxylation is 1. The predicted octanol–water partition coefficient (Wildman–Crippen LogP) is 2.70. The Kier molecular flexibility index (Phi) is 1.67. The molecule has 1 aliphatic rings. The zero-order valence-electron chi connectivity index (χ0n) is 7.80. The van der Waals surface area contributed by atoms with Crippen LogP contribution in [0, 0.1) is 0 Å². The van der Waals surface area contributed by atoms with Crippen molar-refractivity contribution in [2.45, 2.75) is 38.5 Å². The summed E-state index contributed by atoms with van der Waals surface area (Å²) in [7, 11) is 0. The molecule has 0 atom stereocenters. The van der Waals surface area contributed by atoms with E-state index in [0.717, 1.165) is 0 Å². The third-order valence-electron chi connectivity index (χ3n) is 2.83. The minimum atomic E-state index is 0.349. The van der Waals surface area contributed by atoms with Crippen LogP contribution >= 0.6 is 0 Å². The zero-order chi connectivity index (χ0) is 8.60. The molecule has 0 unspecified atom stereocenters. The minimum Gasteiger partial charge on any atom is -0.261 e. The van der Waals surface area contributed by atoms with E-state index in [0.29, 0.717) is 5.41 Å². The molecule has 1 aromatic heterocycles. The second-order valence-corrected chi connectivity index (χ2v) is 4.24. The maximum Gasteiger partial charge on any atom is 0.0440 e. The van der Waals surface area contributed by atoms with Crippen molar-refractivity contribution in [3.63, 3.8) is 0 Å². The zero-order valence-corrected chi connectivity index (χ0v) is 7.80. The summed E-state index contributed by atoms with van der Waals surface area (Å²) < 4.78 is 0. The van der Waals surface area contributed by atoms with Gasteiger partial charge in [0.2, 0.25) is 0 Å². The molecule has 0 amide bonds. The highest BCUT2D eigenvalue weighted by atomic mass is 14.7. The van der Waals surface area contributed by atoms with E-state index in [1.165, 1.54) is 30.5 Å². The maximum absolute atomic E-state index is 4.41. The molecular formula is C11H15N. The van der Waals surface area contributed by atoms with Gasteiger partial charge in [0.05, 0.1) is 0 Å². The number of nitrogens with zero attached hydrogens (tertiary/aromatic N) is 1. The van der Waals surface area contributed by atoms with E-state index in [-0.39, 0.29) is 0 Å². The molecule has 0 saturated heterocycles. The number of fused-ring (bicyclic) bond motifs is 1. The Labute approximate surface area is 73.8 Å². The second-order valence-electron chi connectivity index (χ2n) is 4.24. The molecule has 0 aromatic carbocycles. The van der Waals surface area contributed by atoms with Crippen molar-refractivity contribution in [2.24, 2.45) is 0 Å². The van der Waals surface area contributed by atoms with Gasteiger partial charge in [-0.2, -0.15) is 0 Å². The third kappa shape index (κ3) is 1.13. The van der Waals surface area contributed by atoms with Crippen LogP contribution in [0.5, 0.6) is 0 Å². The summed E-state index contributed by atoms with van der Waals surface area (Å²) in [5, 5.41) is 0. The molecule has 0 spiro atoms. The number of aromatic nitrogens is 1. The quantitative estimate of drug-likeness (QED) is 0.570. The van der Waals surface area contributed by atoms with Gasteiger partial charge in [-0.25, -0.2) is 0 Å². The molecule has 1 aromatic rings. The summed E-state index contributed by atoms with van der Waals surface area (Å²) in [4.78, 5) is 4.41. The Morgan fingerprint density at radius 1 is 1.42 bits per heavy atom. The number of rotatable bonds is 0. The summed E-state index contributed by atoms with van der Waals surface area (Å²) in [6.07, 6.45) is 5.66. The van der Waals surface area contributed by atoms with Crippen molar-refractivity contribution in [1.82, 2.24) is 4.98 Å². The minimum absolute atomic E-state index is 0.349. The monoisotopic (exact) mass is 161 g/mol. The van der Waals surface area contributed by atoms with Crippen LogP contribution < -0.4 is 0 Å². The Hall–Kier alpha value is -0.850.